The van der Waals surface area contributed by atoms with Crippen LogP contribution in [0, 0.1) is 0 Å². The van der Waals surface area contributed by atoms with Crippen LogP contribution in [0.2, 0.25) is 0 Å². The first-order valence-corrected chi connectivity index (χ1v) is 6.36. The van der Waals surface area contributed by atoms with Crippen molar-refractivity contribution in [2.75, 3.05) is 6.61 Å². The third kappa shape index (κ3) is 125. The van der Waals surface area contributed by atoms with Crippen LogP contribution in [-0.2, 0) is 31.3 Å². The maximum Gasteiger partial charge on any atom is 4.00 e. The number of allylic oxidation sites excluding steroid dienone is 4. The van der Waals surface area contributed by atoms with Crippen molar-refractivity contribution in [3.8, 4) is 0 Å². The molecule has 0 heterocycles. The van der Waals surface area contributed by atoms with Crippen LogP contribution in [0.1, 0.15) is 48.5 Å². The summed E-state index contributed by atoms with van der Waals surface area (Å²) in [6.45, 7) is 10.2. The Balaban J connectivity index is -0.0000000607. The van der Waals surface area contributed by atoms with Crippen molar-refractivity contribution >= 4 is 11.6 Å². The molecule has 22 heavy (non-hydrogen) atoms. The van der Waals surface area contributed by atoms with Crippen LogP contribution in [-0.4, -0.2) is 24.3 Å². The molecule has 0 aromatic carbocycles. The summed E-state index contributed by atoms with van der Waals surface area (Å²) in [5.74, 6) is -0.750. The second-order valence-corrected chi connectivity index (χ2v) is 4.07. The van der Waals surface area contributed by atoms with Crippen molar-refractivity contribution in [1.29, 1.82) is 0 Å². The summed E-state index contributed by atoms with van der Waals surface area (Å²) in [5, 5.41) is 38.4. The SMILES string of the molecule is CC(=O)/C=C(/C)[O-].CC(=O)/C=C(/C)[O-].CC(C)[O-].CC[O-].[Ti+4]. The summed E-state index contributed by atoms with van der Waals surface area (Å²) in [6, 6.07) is 0. The van der Waals surface area contributed by atoms with Crippen LogP contribution in [0.3, 0.4) is 0 Å². The minimum absolute atomic E-state index is 0. The van der Waals surface area contributed by atoms with Gasteiger partial charge in [0.1, 0.15) is 0 Å². The number of hydrogen-bond acceptors (Lipinski definition) is 6. The summed E-state index contributed by atoms with van der Waals surface area (Å²) in [4.78, 5) is 20.0. The average Bonchev–Trinajstić information content (AvgIpc) is 2.12. The number of hydrogen-bond donors (Lipinski definition) is 0. The van der Waals surface area contributed by atoms with Crippen molar-refractivity contribution in [1.82, 2.24) is 0 Å². The first-order chi connectivity index (χ1) is 9.40. The molecule has 0 aliphatic heterocycles. The van der Waals surface area contributed by atoms with Crippen molar-refractivity contribution in [2.24, 2.45) is 0 Å². The van der Waals surface area contributed by atoms with Gasteiger partial charge in [-0.1, -0.05) is 34.6 Å². The first-order valence-electron chi connectivity index (χ1n) is 6.36. The maximum absolute atomic E-state index is 9.98. The monoisotopic (exact) mass is 350 g/mol. The molecular weight excluding hydrogens is 324 g/mol. The average molecular weight is 350 g/mol. The van der Waals surface area contributed by atoms with Gasteiger partial charge >= 0.3 is 21.7 Å². The Morgan fingerprint density at radius 2 is 1.05 bits per heavy atom. The maximum atomic E-state index is 9.98. The molecule has 0 bridgehead atoms. The molecule has 126 valence electrons. The predicted octanol–water partition coefficient (Wildman–Crippen LogP) is -1.20. The van der Waals surface area contributed by atoms with E-state index in [1.165, 1.54) is 27.7 Å². The van der Waals surface area contributed by atoms with Crippen LogP contribution in [0.5, 0.6) is 0 Å². The standard InChI is InChI=1S/2C5H8O2.C3H7O.C2H5O.Ti/c2*1-4(6)3-5(2)7;1-3(2)4;1-2-3;/h2*3,6H,1-2H3;3H,1-2H3;2H2,1H3;/q;;2*-1;+4/p-2/b2*4-3-;;;. The van der Waals surface area contributed by atoms with Crippen LogP contribution < -0.4 is 20.4 Å². The van der Waals surface area contributed by atoms with Gasteiger partial charge in [-0.2, -0.15) is 0 Å². The van der Waals surface area contributed by atoms with Crippen LogP contribution in [0.15, 0.2) is 23.7 Å². The summed E-state index contributed by atoms with van der Waals surface area (Å²) in [5.41, 5.74) is 0. The molecule has 0 aliphatic rings. The zero-order valence-electron chi connectivity index (χ0n) is 14.4. The van der Waals surface area contributed by atoms with Crippen molar-refractivity contribution in [3.05, 3.63) is 23.7 Å². The fourth-order valence-corrected chi connectivity index (χ4v) is 0.572. The molecule has 0 saturated heterocycles. The van der Waals surface area contributed by atoms with Gasteiger partial charge in [0.2, 0.25) is 0 Å². The van der Waals surface area contributed by atoms with E-state index in [2.05, 4.69) is 0 Å². The smallest absolute Gasteiger partial charge is 0.876 e. The second-order valence-electron chi connectivity index (χ2n) is 4.07. The Hall–Kier alpha value is -0.946. The topological polar surface area (TPSA) is 126 Å². The largest absolute Gasteiger partial charge is 4.00 e. The van der Waals surface area contributed by atoms with Gasteiger partial charge in [0.25, 0.3) is 0 Å². The molecule has 6 nitrogen and oxygen atoms in total. The Morgan fingerprint density at radius 3 is 1.05 bits per heavy atom. The quantitative estimate of drug-likeness (QED) is 0.350. The van der Waals surface area contributed by atoms with Gasteiger partial charge in [-0.3, -0.25) is 9.59 Å². The van der Waals surface area contributed by atoms with E-state index in [1.807, 2.05) is 0 Å². The van der Waals surface area contributed by atoms with Gasteiger partial charge in [0, 0.05) is 0 Å². The van der Waals surface area contributed by atoms with Gasteiger partial charge in [-0.05, 0) is 26.0 Å². The Morgan fingerprint density at radius 1 is 0.909 bits per heavy atom. The van der Waals surface area contributed by atoms with E-state index in [4.69, 9.17) is 5.11 Å². The van der Waals surface area contributed by atoms with Crippen LogP contribution >= 0.6 is 0 Å². The second kappa shape index (κ2) is 25.0. The Labute approximate surface area is 148 Å². The molecule has 0 saturated carbocycles. The molecule has 0 atom stereocenters. The zero-order chi connectivity index (χ0) is 18.0. The molecule has 0 fully saturated rings. The number of carbonyl (C=O) groups excluding carboxylic acids is 2. The molecule has 7 heteroatoms. The van der Waals surface area contributed by atoms with Crippen LogP contribution in [0.25, 0.3) is 0 Å². The molecule has 0 aromatic rings. The summed E-state index contributed by atoms with van der Waals surface area (Å²) in [6.07, 6.45) is 1.69. The predicted molar refractivity (Wildman–Crippen MR) is 74.6 cm³/mol. The minimum Gasteiger partial charge on any atom is -0.876 e. The van der Waals surface area contributed by atoms with Gasteiger partial charge in [0.05, 0.1) is 0 Å². The van der Waals surface area contributed by atoms with Crippen molar-refractivity contribution in [2.45, 2.75) is 54.6 Å². The number of carbonyl (C=O) groups is 2. The van der Waals surface area contributed by atoms with Gasteiger partial charge in [0.15, 0.2) is 11.6 Å². The Bertz CT molecular complexity index is 283. The van der Waals surface area contributed by atoms with Crippen molar-refractivity contribution in [3.63, 3.8) is 0 Å². The fraction of sp³-hybridized carbons (Fsp3) is 0.600. The molecule has 0 aromatic heterocycles. The first kappa shape index (κ1) is 32.9. The van der Waals surface area contributed by atoms with Gasteiger partial charge < -0.3 is 20.4 Å². The number of rotatable bonds is 2. The van der Waals surface area contributed by atoms with E-state index in [1.54, 1.807) is 20.8 Å². The molecule has 0 rings (SSSR count). The van der Waals surface area contributed by atoms with E-state index in [9.17, 15) is 24.9 Å². The normalized spacial score (nSPS) is 9.73. The van der Waals surface area contributed by atoms with E-state index in [0.717, 1.165) is 12.2 Å². The minimum atomic E-state index is -0.417. The molecular formula is C15H26O6Ti. The third-order valence-corrected chi connectivity index (χ3v) is 0.813. The molecule has 0 unspecified atom stereocenters. The van der Waals surface area contributed by atoms with Gasteiger partial charge in [-0.15, -0.1) is 24.2 Å². The fourth-order valence-electron chi connectivity index (χ4n) is 0.572. The number of ketones is 2. The van der Waals surface area contributed by atoms with E-state index < -0.39 is 6.10 Å². The van der Waals surface area contributed by atoms with Gasteiger partial charge in [-0.25, -0.2) is 0 Å². The third-order valence-electron chi connectivity index (χ3n) is 0.813. The Kier molecular flexibility index (Phi) is 37.4. The van der Waals surface area contributed by atoms with E-state index >= 15 is 0 Å². The van der Waals surface area contributed by atoms with E-state index in [0.29, 0.717) is 0 Å². The molecule has 0 radical (unpaired) electrons. The summed E-state index contributed by atoms with van der Waals surface area (Å²) < 4.78 is 0. The van der Waals surface area contributed by atoms with Crippen LogP contribution in [0.4, 0.5) is 0 Å². The molecule has 0 amide bonds. The van der Waals surface area contributed by atoms with E-state index in [-0.39, 0.29) is 51.4 Å². The molecule has 0 aliphatic carbocycles. The molecule has 0 spiro atoms. The summed E-state index contributed by atoms with van der Waals surface area (Å²) in [7, 11) is 0. The molecule has 0 N–H and O–H groups in total. The van der Waals surface area contributed by atoms with Crippen molar-refractivity contribution < 1.29 is 51.7 Å². The summed E-state index contributed by atoms with van der Waals surface area (Å²) >= 11 is 0. The zero-order valence-corrected chi connectivity index (χ0v) is 16.0.